The maximum Gasteiger partial charge on any atom is 0.129 e. The Morgan fingerprint density at radius 2 is 2.00 bits per heavy atom. The van der Waals surface area contributed by atoms with Gasteiger partial charge in [-0.1, -0.05) is 18.9 Å². The molecule has 1 aliphatic heterocycles. The fraction of sp³-hybridized carbons (Fsp3) is 0.688. The highest BCUT2D eigenvalue weighted by molar-refractivity contribution is 5.44. The van der Waals surface area contributed by atoms with Gasteiger partial charge in [0.2, 0.25) is 0 Å². The summed E-state index contributed by atoms with van der Waals surface area (Å²) in [4.78, 5) is 7.35. The van der Waals surface area contributed by atoms with Gasteiger partial charge in [-0.25, -0.2) is 4.98 Å². The molecule has 3 nitrogen and oxygen atoms in total. The first-order chi connectivity index (χ1) is 9.29. The van der Waals surface area contributed by atoms with Crippen LogP contribution in [0.4, 0.5) is 5.82 Å². The molecule has 3 heteroatoms. The van der Waals surface area contributed by atoms with Crippen molar-refractivity contribution in [2.45, 2.75) is 58.0 Å². The standard InChI is InChI=1S/C16H25N3/c1-12-14(11-17)8-9-16(18-12)19-10-4-7-15(19)13-5-2-3-6-13/h8-9,13,15H,2-7,10-11,17H2,1H3. The van der Waals surface area contributed by atoms with E-state index in [0.717, 1.165) is 17.7 Å². The molecular weight excluding hydrogens is 234 g/mol. The third kappa shape index (κ3) is 2.48. The molecule has 104 valence electrons. The first kappa shape index (κ1) is 12.9. The van der Waals surface area contributed by atoms with E-state index in [0.29, 0.717) is 6.54 Å². The van der Waals surface area contributed by atoms with E-state index in [1.807, 2.05) is 0 Å². The Balaban J connectivity index is 1.81. The lowest BCUT2D eigenvalue weighted by atomic mass is 9.96. The summed E-state index contributed by atoms with van der Waals surface area (Å²) in [5, 5.41) is 0. The number of nitrogens with zero attached hydrogens (tertiary/aromatic N) is 2. The number of aryl methyl sites for hydroxylation is 1. The summed E-state index contributed by atoms with van der Waals surface area (Å²) in [5.41, 5.74) is 7.99. The average molecular weight is 259 g/mol. The monoisotopic (exact) mass is 259 g/mol. The molecule has 1 unspecified atom stereocenters. The highest BCUT2D eigenvalue weighted by Gasteiger charge is 2.33. The van der Waals surface area contributed by atoms with Crippen LogP contribution < -0.4 is 10.6 Å². The molecule has 1 saturated carbocycles. The largest absolute Gasteiger partial charge is 0.353 e. The summed E-state index contributed by atoms with van der Waals surface area (Å²) < 4.78 is 0. The van der Waals surface area contributed by atoms with Crippen LogP contribution in [0.2, 0.25) is 0 Å². The Bertz CT molecular complexity index is 438. The molecule has 0 radical (unpaired) electrons. The lowest BCUT2D eigenvalue weighted by Crippen LogP contribution is -2.35. The molecule has 19 heavy (non-hydrogen) atoms. The predicted octanol–water partition coefficient (Wildman–Crippen LogP) is 3.01. The van der Waals surface area contributed by atoms with Gasteiger partial charge in [0, 0.05) is 24.8 Å². The van der Waals surface area contributed by atoms with Crippen LogP contribution in [0.25, 0.3) is 0 Å². The van der Waals surface area contributed by atoms with E-state index in [-0.39, 0.29) is 0 Å². The van der Waals surface area contributed by atoms with Gasteiger partial charge in [0.1, 0.15) is 5.82 Å². The molecule has 2 N–H and O–H groups in total. The summed E-state index contributed by atoms with van der Waals surface area (Å²) in [6, 6.07) is 5.06. The first-order valence-electron chi connectivity index (χ1n) is 7.73. The van der Waals surface area contributed by atoms with Crippen LogP contribution in [0.1, 0.15) is 49.8 Å². The number of nitrogens with two attached hydrogens (primary N) is 1. The van der Waals surface area contributed by atoms with Gasteiger partial charge in [-0.3, -0.25) is 0 Å². The zero-order valence-electron chi connectivity index (χ0n) is 11.9. The molecule has 1 aromatic rings. The zero-order valence-corrected chi connectivity index (χ0v) is 11.9. The van der Waals surface area contributed by atoms with E-state index in [1.165, 1.54) is 56.5 Å². The van der Waals surface area contributed by atoms with Crippen molar-refractivity contribution in [1.29, 1.82) is 0 Å². The minimum absolute atomic E-state index is 0.588. The average Bonchev–Trinajstić information content (AvgIpc) is 3.09. The molecule has 0 spiro atoms. The molecule has 3 rings (SSSR count). The van der Waals surface area contributed by atoms with Gasteiger partial charge in [0.05, 0.1) is 0 Å². The Morgan fingerprint density at radius 1 is 1.21 bits per heavy atom. The summed E-state index contributed by atoms with van der Waals surface area (Å²) in [6.45, 7) is 3.84. The molecule has 0 aromatic carbocycles. The third-order valence-corrected chi connectivity index (χ3v) is 4.94. The maximum absolute atomic E-state index is 5.73. The van der Waals surface area contributed by atoms with E-state index >= 15 is 0 Å². The summed E-state index contributed by atoms with van der Waals surface area (Å²) >= 11 is 0. The van der Waals surface area contributed by atoms with Gasteiger partial charge in [-0.15, -0.1) is 0 Å². The molecular formula is C16H25N3. The van der Waals surface area contributed by atoms with Crippen LogP contribution in [-0.2, 0) is 6.54 Å². The van der Waals surface area contributed by atoms with Crippen molar-refractivity contribution in [2.75, 3.05) is 11.4 Å². The van der Waals surface area contributed by atoms with Crippen molar-refractivity contribution < 1.29 is 0 Å². The number of aromatic nitrogens is 1. The quantitative estimate of drug-likeness (QED) is 0.907. The second-order valence-corrected chi connectivity index (χ2v) is 6.07. The van der Waals surface area contributed by atoms with Crippen LogP contribution in [0.15, 0.2) is 12.1 Å². The van der Waals surface area contributed by atoms with E-state index in [1.54, 1.807) is 0 Å². The van der Waals surface area contributed by atoms with Crippen LogP contribution in [0, 0.1) is 12.8 Å². The highest BCUT2D eigenvalue weighted by atomic mass is 15.2. The Hall–Kier alpha value is -1.09. The number of rotatable bonds is 3. The number of hydrogen-bond acceptors (Lipinski definition) is 3. The fourth-order valence-electron chi connectivity index (χ4n) is 3.86. The van der Waals surface area contributed by atoms with Gasteiger partial charge >= 0.3 is 0 Å². The number of anilines is 1. The van der Waals surface area contributed by atoms with Crippen molar-refractivity contribution in [2.24, 2.45) is 11.7 Å². The van der Waals surface area contributed by atoms with E-state index in [9.17, 15) is 0 Å². The minimum Gasteiger partial charge on any atom is -0.353 e. The Kier molecular flexibility index (Phi) is 3.74. The van der Waals surface area contributed by atoms with Crippen molar-refractivity contribution in [3.8, 4) is 0 Å². The summed E-state index contributed by atoms with van der Waals surface area (Å²) in [7, 11) is 0. The van der Waals surface area contributed by atoms with E-state index in [2.05, 4.69) is 24.0 Å². The lowest BCUT2D eigenvalue weighted by molar-refractivity contribution is 0.429. The van der Waals surface area contributed by atoms with Crippen molar-refractivity contribution in [3.63, 3.8) is 0 Å². The van der Waals surface area contributed by atoms with Crippen LogP contribution in [0.5, 0.6) is 0 Å². The van der Waals surface area contributed by atoms with Crippen LogP contribution in [-0.4, -0.2) is 17.6 Å². The van der Waals surface area contributed by atoms with E-state index < -0.39 is 0 Å². The van der Waals surface area contributed by atoms with Gasteiger partial charge in [0.25, 0.3) is 0 Å². The fourth-order valence-corrected chi connectivity index (χ4v) is 3.86. The third-order valence-electron chi connectivity index (χ3n) is 4.94. The maximum atomic E-state index is 5.73. The number of pyridine rings is 1. The zero-order chi connectivity index (χ0) is 13.2. The van der Waals surface area contributed by atoms with Crippen LogP contribution >= 0.6 is 0 Å². The topological polar surface area (TPSA) is 42.2 Å². The van der Waals surface area contributed by atoms with Crippen molar-refractivity contribution in [1.82, 2.24) is 4.98 Å². The molecule has 2 fully saturated rings. The van der Waals surface area contributed by atoms with E-state index in [4.69, 9.17) is 10.7 Å². The van der Waals surface area contributed by atoms with Gasteiger partial charge in [-0.05, 0) is 50.2 Å². The SMILES string of the molecule is Cc1nc(N2CCCC2C2CCCC2)ccc1CN. The predicted molar refractivity (Wildman–Crippen MR) is 79.2 cm³/mol. The number of hydrogen-bond donors (Lipinski definition) is 1. The van der Waals surface area contributed by atoms with Crippen molar-refractivity contribution in [3.05, 3.63) is 23.4 Å². The molecule has 1 saturated heterocycles. The second-order valence-electron chi connectivity index (χ2n) is 6.07. The minimum atomic E-state index is 0.588. The second kappa shape index (κ2) is 5.49. The summed E-state index contributed by atoms with van der Waals surface area (Å²) in [6.07, 6.45) is 8.35. The molecule has 1 aromatic heterocycles. The van der Waals surface area contributed by atoms with Gasteiger partial charge < -0.3 is 10.6 Å². The van der Waals surface area contributed by atoms with Gasteiger partial charge in [0.15, 0.2) is 0 Å². The van der Waals surface area contributed by atoms with Gasteiger partial charge in [-0.2, -0.15) is 0 Å². The molecule has 0 bridgehead atoms. The van der Waals surface area contributed by atoms with Crippen molar-refractivity contribution >= 4 is 5.82 Å². The molecule has 0 amide bonds. The molecule has 2 heterocycles. The molecule has 1 aliphatic carbocycles. The first-order valence-corrected chi connectivity index (χ1v) is 7.73. The summed E-state index contributed by atoms with van der Waals surface area (Å²) in [5.74, 6) is 2.07. The normalized spacial score (nSPS) is 24.3. The molecule has 1 atom stereocenters. The Morgan fingerprint density at radius 3 is 2.68 bits per heavy atom. The molecule has 2 aliphatic rings. The highest BCUT2D eigenvalue weighted by Crippen LogP contribution is 2.37. The Labute approximate surface area is 116 Å². The van der Waals surface area contributed by atoms with Crippen LogP contribution in [0.3, 0.4) is 0 Å². The smallest absolute Gasteiger partial charge is 0.129 e. The lowest BCUT2D eigenvalue weighted by Gasteiger charge is -2.30.